The second-order valence-electron chi connectivity index (χ2n) is 10.5. The monoisotopic (exact) mass is 517 g/mol. The number of aryl methyl sites for hydroxylation is 1. The van der Waals surface area contributed by atoms with Gasteiger partial charge in [0.25, 0.3) is 0 Å². The van der Waals surface area contributed by atoms with Crippen molar-refractivity contribution in [3.05, 3.63) is 94.8 Å². The Labute approximate surface area is 222 Å². The van der Waals surface area contributed by atoms with Crippen LogP contribution in [0.5, 0.6) is 5.75 Å². The molecule has 1 aromatic heterocycles. The number of aromatic nitrogens is 2. The molecule has 0 spiro atoms. The average Bonchev–Trinajstić information content (AvgIpc) is 3.22. The van der Waals surface area contributed by atoms with Crippen molar-refractivity contribution in [1.82, 2.24) is 14.5 Å². The standard InChI is InChI=1S/C31H33F2N3O2/c1-21-9-10-28-29(17-21)36(18-24-13-16-37-24)30(34-28)19-35-14-11-22(12-15-35)25-6-4-8-27(33)31(25)38-20-23-5-2-3-7-26(23)32/h2-10,17,22,24H,11-16,18-20H2,1H3/t24-/m0/s1. The molecule has 0 bridgehead atoms. The fourth-order valence-corrected chi connectivity index (χ4v) is 5.61. The van der Waals surface area contributed by atoms with E-state index in [2.05, 4.69) is 34.6 Å². The lowest BCUT2D eigenvalue weighted by atomic mass is 9.88. The van der Waals surface area contributed by atoms with Crippen molar-refractivity contribution in [3.63, 3.8) is 0 Å². The first-order valence-electron chi connectivity index (χ1n) is 13.5. The van der Waals surface area contributed by atoms with Gasteiger partial charge in [0.15, 0.2) is 11.6 Å². The Balaban J connectivity index is 1.15. The van der Waals surface area contributed by atoms with E-state index >= 15 is 0 Å². The molecule has 0 saturated carbocycles. The number of benzene rings is 3. The summed E-state index contributed by atoms with van der Waals surface area (Å²) in [6.07, 6.45) is 3.13. The van der Waals surface area contributed by atoms with Gasteiger partial charge in [-0.25, -0.2) is 13.8 Å². The third kappa shape index (κ3) is 5.18. The summed E-state index contributed by atoms with van der Waals surface area (Å²) in [5.41, 5.74) is 4.70. The smallest absolute Gasteiger partial charge is 0.165 e. The highest BCUT2D eigenvalue weighted by Gasteiger charge is 2.27. The third-order valence-corrected chi connectivity index (χ3v) is 7.88. The van der Waals surface area contributed by atoms with Crippen LogP contribution in [0, 0.1) is 18.6 Å². The van der Waals surface area contributed by atoms with Crippen LogP contribution in [0.3, 0.4) is 0 Å². The Morgan fingerprint density at radius 2 is 1.76 bits per heavy atom. The van der Waals surface area contributed by atoms with Crippen molar-refractivity contribution in [2.45, 2.75) is 57.9 Å². The number of halogens is 2. The molecule has 38 heavy (non-hydrogen) atoms. The number of nitrogens with zero attached hydrogens (tertiary/aromatic N) is 3. The number of imidazole rings is 1. The van der Waals surface area contributed by atoms with Gasteiger partial charge in [-0.1, -0.05) is 36.4 Å². The fourth-order valence-electron chi connectivity index (χ4n) is 5.61. The molecule has 0 aliphatic carbocycles. The maximum absolute atomic E-state index is 14.8. The Morgan fingerprint density at radius 3 is 2.53 bits per heavy atom. The molecule has 198 valence electrons. The van der Waals surface area contributed by atoms with E-state index < -0.39 is 5.82 Å². The number of ether oxygens (including phenoxy) is 2. The Kier molecular flexibility index (Phi) is 7.13. The molecule has 5 nitrogen and oxygen atoms in total. The Morgan fingerprint density at radius 1 is 0.974 bits per heavy atom. The summed E-state index contributed by atoms with van der Waals surface area (Å²) >= 11 is 0. The van der Waals surface area contributed by atoms with Crippen LogP contribution in [0.4, 0.5) is 8.78 Å². The lowest BCUT2D eigenvalue weighted by molar-refractivity contribution is -0.0592. The molecule has 2 saturated heterocycles. The SMILES string of the molecule is Cc1ccc2nc(CN3CCC(c4cccc(F)c4OCc4ccccc4F)CC3)n(C[C@@H]3CCO3)c2c1. The quantitative estimate of drug-likeness (QED) is 0.272. The van der Waals surface area contributed by atoms with Crippen LogP contribution < -0.4 is 4.74 Å². The van der Waals surface area contributed by atoms with Gasteiger partial charge >= 0.3 is 0 Å². The van der Waals surface area contributed by atoms with Crippen molar-refractivity contribution in [2.24, 2.45) is 0 Å². The topological polar surface area (TPSA) is 39.5 Å². The van der Waals surface area contributed by atoms with Gasteiger partial charge < -0.3 is 14.0 Å². The molecule has 2 aliphatic heterocycles. The van der Waals surface area contributed by atoms with Crippen LogP contribution in [0.1, 0.15) is 47.7 Å². The minimum absolute atomic E-state index is 0.000146. The van der Waals surface area contributed by atoms with Crippen molar-refractivity contribution in [2.75, 3.05) is 19.7 Å². The van der Waals surface area contributed by atoms with Gasteiger partial charge in [-0.05, 0) is 75.0 Å². The molecule has 3 aromatic carbocycles. The van der Waals surface area contributed by atoms with E-state index in [1.165, 1.54) is 23.2 Å². The van der Waals surface area contributed by atoms with E-state index in [1.54, 1.807) is 24.3 Å². The average molecular weight is 518 g/mol. The van der Waals surface area contributed by atoms with Crippen molar-refractivity contribution < 1.29 is 18.3 Å². The first-order chi connectivity index (χ1) is 18.5. The van der Waals surface area contributed by atoms with Crippen molar-refractivity contribution in [3.8, 4) is 5.75 Å². The lowest BCUT2D eigenvalue weighted by Crippen LogP contribution is -2.35. The highest BCUT2D eigenvalue weighted by molar-refractivity contribution is 5.77. The van der Waals surface area contributed by atoms with E-state index in [-0.39, 0.29) is 30.2 Å². The molecule has 2 aliphatic rings. The number of likely N-dealkylation sites (tertiary alicyclic amines) is 1. The van der Waals surface area contributed by atoms with Gasteiger partial charge in [-0.15, -0.1) is 0 Å². The number of piperidine rings is 1. The molecule has 4 aromatic rings. The van der Waals surface area contributed by atoms with Gasteiger partial charge in [-0.2, -0.15) is 0 Å². The molecule has 3 heterocycles. The molecule has 1 atom stereocenters. The van der Waals surface area contributed by atoms with E-state index in [1.807, 2.05) is 6.07 Å². The number of para-hydroxylation sites is 1. The second-order valence-corrected chi connectivity index (χ2v) is 10.5. The van der Waals surface area contributed by atoms with Crippen LogP contribution in [0.2, 0.25) is 0 Å². The molecule has 2 fully saturated rings. The van der Waals surface area contributed by atoms with Gasteiger partial charge in [0.05, 0.1) is 30.2 Å². The van der Waals surface area contributed by atoms with Gasteiger partial charge in [0.2, 0.25) is 0 Å². The van der Waals surface area contributed by atoms with E-state index in [0.717, 1.165) is 69.0 Å². The van der Waals surface area contributed by atoms with E-state index in [0.29, 0.717) is 5.56 Å². The summed E-state index contributed by atoms with van der Waals surface area (Å²) in [6, 6.07) is 18.0. The first kappa shape index (κ1) is 25.0. The molecule has 6 rings (SSSR count). The number of fused-ring (bicyclic) bond motifs is 1. The second kappa shape index (κ2) is 10.8. The van der Waals surface area contributed by atoms with Crippen LogP contribution in [-0.2, 0) is 24.4 Å². The summed E-state index contributed by atoms with van der Waals surface area (Å²) < 4.78 is 42.9. The van der Waals surface area contributed by atoms with Crippen LogP contribution in [0.15, 0.2) is 60.7 Å². The molecular formula is C31H33F2N3O2. The summed E-state index contributed by atoms with van der Waals surface area (Å²) in [5.74, 6) is 0.751. The molecule has 0 unspecified atom stereocenters. The first-order valence-corrected chi connectivity index (χ1v) is 13.5. The Bertz CT molecular complexity index is 1420. The number of rotatable bonds is 8. The number of hydrogen-bond acceptors (Lipinski definition) is 4. The number of hydrogen-bond donors (Lipinski definition) is 0. The van der Waals surface area contributed by atoms with E-state index in [9.17, 15) is 8.78 Å². The predicted octanol–water partition coefficient (Wildman–Crippen LogP) is 6.37. The van der Waals surface area contributed by atoms with Gasteiger partial charge in [0.1, 0.15) is 18.2 Å². The normalized spacial score (nSPS) is 18.6. The summed E-state index contributed by atoms with van der Waals surface area (Å²) in [6.45, 7) is 6.32. The molecule has 0 N–H and O–H groups in total. The summed E-state index contributed by atoms with van der Waals surface area (Å²) in [5, 5.41) is 0. The minimum Gasteiger partial charge on any atom is -0.485 e. The van der Waals surface area contributed by atoms with Gasteiger partial charge in [0, 0.05) is 17.7 Å². The van der Waals surface area contributed by atoms with E-state index in [4.69, 9.17) is 14.5 Å². The molecule has 0 radical (unpaired) electrons. The Hall–Kier alpha value is -3.29. The minimum atomic E-state index is -0.400. The molecule has 7 heteroatoms. The van der Waals surface area contributed by atoms with Crippen LogP contribution >= 0.6 is 0 Å². The summed E-state index contributed by atoms with van der Waals surface area (Å²) in [4.78, 5) is 7.42. The zero-order valence-corrected chi connectivity index (χ0v) is 21.7. The van der Waals surface area contributed by atoms with Crippen molar-refractivity contribution >= 4 is 11.0 Å². The fraction of sp³-hybridized carbons (Fsp3) is 0.387. The van der Waals surface area contributed by atoms with Crippen LogP contribution in [-0.4, -0.2) is 40.3 Å². The predicted molar refractivity (Wildman–Crippen MR) is 143 cm³/mol. The highest BCUT2D eigenvalue weighted by atomic mass is 19.1. The zero-order valence-electron chi connectivity index (χ0n) is 21.7. The van der Waals surface area contributed by atoms with Gasteiger partial charge in [-0.3, -0.25) is 4.90 Å². The summed E-state index contributed by atoms with van der Waals surface area (Å²) in [7, 11) is 0. The van der Waals surface area contributed by atoms with Crippen LogP contribution in [0.25, 0.3) is 11.0 Å². The largest absolute Gasteiger partial charge is 0.485 e. The maximum Gasteiger partial charge on any atom is 0.165 e. The molecule has 0 amide bonds. The van der Waals surface area contributed by atoms with Crippen molar-refractivity contribution in [1.29, 1.82) is 0 Å². The lowest BCUT2D eigenvalue weighted by Gasteiger charge is -2.33. The maximum atomic E-state index is 14.8. The highest BCUT2D eigenvalue weighted by Crippen LogP contribution is 2.37. The molecular weight excluding hydrogens is 484 g/mol. The third-order valence-electron chi connectivity index (χ3n) is 7.88. The zero-order chi connectivity index (χ0) is 26.1.